The topological polar surface area (TPSA) is 0 Å². The molecule has 0 heterocycles. The van der Waals surface area contributed by atoms with E-state index in [9.17, 15) is 0 Å². The molecule has 0 atom stereocenters. The fourth-order valence-corrected chi connectivity index (χ4v) is 2.26. The van der Waals surface area contributed by atoms with Gasteiger partial charge in [-0.25, -0.2) is 0 Å². The molecule has 0 fully saturated rings. The van der Waals surface area contributed by atoms with Gasteiger partial charge in [0.2, 0.25) is 0 Å². The summed E-state index contributed by atoms with van der Waals surface area (Å²) in [6.07, 6.45) is 1.93. The summed E-state index contributed by atoms with van der Waals surface area (Å²) < 4.78 is 0. The minimum absolute atomic E-state index is 0.456. The van der Waals surface area contributed by atoms with E-state index in [0.29, 0.717) is 11.8 Å². The molecule has 0 spiro atoms. The number of hydrogen-bond donors (Lipinski definition) is 0. The Hall–Kier alpha value is -0.400. The maximum Gasteiger partial charge on any atom is 0.0411 e. The van der Waals surface area contributed by atoms with Crippen molar-refractivity contribution < 1.29 is 0 Å². The van der Waals surface area contributed by atoms with Crippen LogP contribution in [0.4, 0.5) is 0 Å². The third-order valence-corrected chi connectivity index (χ3v) is 3.52. The van der Waals surface area contributed by atoms with E-state index < -0.39 is 0 Å². The van der Waals surface area contributed by atoms with Crippen LogP contribution in [0.3, 0.4) is 0 Å². The maximum atomic E-state index is 6.15. The van der Waals surface area contributed by atoms with Gasteiger partial charge in [0.1, 0.15) is 0 Å². The SMILES string of the molecule is CC(C)Cc1cc(Cl)cc(CC(=S)C(C)C)c1. The van der Waals surface area contributed by atoms with Gasteiger partial charge >= 0.3 is 0 Å². The van der Waals surface area contributed by atoms with Crippen LogP contribution in [0.25, 0.3) is 0 Å². The Labute approximate surface area is 115 Å². The molecule has 17 heavy (non-hydrogen) atoms. The highest BCUT2D eigenvalue weighted by Crippen LogP contribution is 2.19. The molecule has 1 rings (SSSR count). The zero-order valence-electron chi connectivity index (χ0n) is 11.1. The van der Waals surface area contributed by atoms with Gasteiger partial charge in [-0.2, -0.15) is 0 Å². The van der Waals surface area contributed by atoms with Crippen molar-refractivity contribution in [2.24, 2.45) is 11.8 Å². The van der Waals surface area contributed by atoms with Crippen molar-refractivity contribution in [2.75, 3.05) is 0 Å². The summed E-state index contributed by atoms with van der Waals surface area (Å²) >= 11 is 11.5. The van der Waals surface area contributed by atoms with Gasteiger partial charge in [-0.1, -0.05) is 57.6 Å². The fourth-order valence-electron chi connectivity index (χ4n) is 1.81. The van der Waals surface area contributed by atoms with E-state index in [-0.39, 0.29) is 0 Å². The van der Waals surface area contributed by atoms with Crippen LogP contribution in [0.2, 0.25) is 5.02 Å². The van der Waals surface area contributed by atoms with Gasteiger partial charge in [0, 0.05) is 11.4 Å². The van der Waals surface area contributed by atoms with Gasteiger partial charge in [-0.15, -0.1) is 0 Å². The van der Waals surface area contributed by atoms with E-state index in [1.54, 1.807) is 0 Å². The van der Waals surface area contributed by atoms with Gasteiger partial charge in [-0.3, -0.25) is 0 Å². The molecule has 94 valence electrons. The first-order valence-corrected chi connectivity index (χ1v) is 6.98. The van der Waals surface area contributed by atoms with Gasteiger partial charge in [0.15, 0.2) is 0 Å². The number of rotatable bonds is 5. The summed E-state index contributed by atoms with van der Waals surface area (Å²) in [7, 11) is 0. The lowest BCUT2D eigenvalue weighted by molar-refractivity contribution is 0.647. The average Bonchev–Trinajstić information content (AvgIpc) is 2.14. The van der Waals surface area contributed by atoms with Crippen molar-refractivity contribution >= 4 is 28.7 Å². The Balaban J connectivity index is 2.85. The van der Waals surface area contributed by atoms with Gasteiger partial charge in [0.25, 0.3) is 0 Å². The maximum absolute atomic E-state index is 6.15. The first kappa shape index (κ1) is 14.7. The Bertz CT molecular complexity index is 394. The van der Waals surface area contributed by atoms with Crippen LogP contribution in [0.1, 0.15) is 38.8 Å². The van der Waals surface area contributed by atoms with E-state index in [1.807, 2.05) is 6.07 Å². The summed E-state index contributed by atoms with van der Waals surface area (Å²) in [5.74, 6) is 1.11. The molecule has 0 aliphatic rings. The largest absolute Gasteiger partial charge is 0.0890 e. The van der Waals surface area contributed by atoms with Crippen LogP contribution in [0.5, 0.6) is 0 Å². The van der Waals surface area contributed by atoms with E-state index >= 15 is 0 Å². The van der Waals surface area contributed by atoms with Crippen molar-refractivity contribution in [2.45, 2.75) is 40.5 Å². The number of thiocarbonyl (C=S) groups is 1. The summed E-state index contributed by atoms with van der Waals surface area (Å²) in [6, 6.07) is 6.32. The molecule has 0 aliphatic heterocycles. The normalized spacial score (nSPS) is 11.2. The highest BCUT2D eigenvalue weighted by Gasteiger charge is 2.07. The van der Waals surface area contributed by atoms with Crippen LogP contribution in [0.15, 0.2) is 18.2 Å². The molecule has 0 N–H and O–H groups in total. The summed E-state index contributed by atoms with van der Waals surface area (Å²) in [5.41, 5.74) is 2.56. The van der Waals surface area contributed by atoms with Crippen LogP contribution in [-0.4, -0.2) is 4.86 Å². The Kier molecular flexibility index (Phi) is 5.61. The van der Waals surface area contributed by atoms with Crippen LogP contribution in [-0.2, 0) is 12.8 Å². The quantitative estimate of drug-likeness (QED) is 0.669. The lowest BCUT2D eigenvalue weighted by atomic mass is 9.97. The molecule has 0 radical (unpaired) electrons. The molecule has 0 saturated heterocycles. The van der Waals surface area contributed by atoms with Crippen LogP contribution >= 0.6 is 23.8 Å². The molecule has 0 amide bonds. The van der Waals surface area contributed by atoms with Crippen LogP contribution in [0, 0.1) is 11.8 Å². The second kappa shape index (κ2) is 6.51. The van der Waals surface area contributed by atoms with Crippen LogP contribution < -0.4 is 0 Å². The van der Waals surface area contributed by atoms with Crippen molar-refractivity contribution in [3.63, 3.8) is 0 Å². The molecule has 1 aromatic rings. The van der Waals surface area contributed by atoms with Crippen molar-refractivity contribution in [3.05, 3.63) is 34.3 Å². The number of benzene rings is 1. The third-order valence-electron chi connectivity index (χ3n) is 2.68. The second-order valence-electron chi connectivity index (χ2n) is 5.36. The zero-order chi connectivity index (χ0) is 13.0. The summed E-state index contributed by atoms with van der Waals surface area (Å²) in [6.45, 7) is 8.72. The monoisotopic (exact) mass is 268 g/mol. The van der Waals surface area contributed by atoms with Gasteiger partial charge in [0.05, 0.1) is 0 Å². The highest BCUT2D eigenvalue weighted by atomic mass is 35.5. The van der Waals surface area contributed by atoms with Crippen molar-refractivity contribution in [1.82, 2.24) is 0 Å². The Morgan fingerprint density at radius 3 is 2.24 bits per heavy atom. The minimum Gasteiger partial charge on any atom is -0.0890 e. The molecule has 0 nitrogen and oxygen atoms in total. The molecule has 1 aromatic carbocycles. The van der Waals surface area contributed by atoms with Gasteiger partial charge < -0.3 is 0 Å². The first-order chi connectivity index (χ1) is 7.88. The van der Waals surface area contributed by atoms with E-state index in [0.717, 1.165) is 22.7 Å². The molecule has 0 bridgehead atoms. The minimum atomic E-state index is 0.456. The lowest BCUT2D eigenvalue weighted by Gasteiger charge is -2.11. The smallest absolute Gasteiger partial charge is 0.0411 e. The molecule has 0 saturated carbocycles. The predicted octanol–water partition coefficient (Wildman–Crippen LogP) is 5.11. The predicted molar refractivity (Wildman–Crippen MR) is 81.1 cm³/mol. The van der Waals surface area contributed by atoms with Crippen molar-refractivity contribution in [3.8, 4) is 0 Å². The molecular formula is C15H21ClS. The van der Waals surface area contributed by atoms with Crippen molar-refractivity contribution in [1.29, 1.82) is 0 Å². The fraction of sp³-hybridized carbons (Fsp3) is 0.533. The molecule has 0 unspecified atom stereocenters. The first-order valence-electron chi connectivity index (χ1n) is 6.19. The highest BCUT2D eigenvalue weighted by molar-refractivity contribution is 7.80. The molecular weight excluding hydrogens is 248 g/mol. The summed E-state index contributed by atoms with van der Waals surface area (Å²) in [4.78, 5) is 1.10. The van der Waals surface area contributed by atoms with Gasteiger partial charge in [-0.05, 0) is 46.4 Å². The zero-order valence-corrected chi connectivity index (χ0v) is 12.7. The standard InChI is InChI=1S/C15H21ClS/c1-10(2)5-12-6-13(8-14(16)7-12)9-15(17)11(3)4/h6-8,10-11H,5,9H2,1-4H3. The number of halogens is 1. The Morgan fingerprint density at radius 1 is 1.12 bits per heavy atom. The molecule has 0 aliphatic carbocycles. The van der Waals surface area contributed by atoms with E-state index in [1.165, 1.54) is 11.1 Å². The van der Waals surface area contributed by atoms with E-state index in [2.05, 4.69) is 39.8 Å². The summed E-state index contributed by atoms with van der Waals surface area (Å²) in [5, 5.41) is 0.824. The lowest BCUT2D eigenvalue weighted by Crippen LogP contribution is -2.08. The number of hydrogen-bond acceptors (Lipinski definition) is 1. The molecule has 0 aromatic heterocycles. The molecule has 2 heteroatoms. The second-order valence-corrected chi connectivity index (χ2v) is 6.32. The average molecular weight is 269 g/mol. The van der Waals surface area contributed by atoms with E-state index in [4.69, 9.17) is 23.8 Å². The Morgan fingerprint density at radius 2 is 1.71 bits per heavy atom. The third kappa shape index (κ3) is 5.18.